The SMILES string of the molecule is C=C(C)C(=O)OCCCOc1ccc(CCOC(=O)c2ccc(-c3ccc(-c4ccc(CSCC)cc4)c(F)c3)c(/C=N/Nc3nc4cccnc4s3)c2)cc1. The first-order valence-corrected chi connectivity index (χ1v) is 20.1. The fourth-order valence-electron chi connectivity index (χ4n) is 5.59. The van der Waals surface area contributed by atoms with Crippen molar-refractivity contribution >= 4 is 56.7 Å². The summed E-state index contributed by atoms with van der Waals surface area (Å²) in [5.74, 6) is 1.38. The largest absolute Gasteiger partial charge is 0.493 e. The number of esters is 2. The van der Waals surface area contributed by atoms with Gasteiger partial charge in [-0.2, -0.15) is 16.9 Å². The quantitative estimate of drug-likeness (QED) is 0.0299. The summed E-state index contributed by atoms with van der Waals surface area (Å²) >= 11 is 3.21. The van der Waals surface area contributed by atoms with E-state index in [2.05, 4.69) is 34.0 Å². The molecule has 4 aromatic carbocycles. The molecule has 2 heterocycles. The van der Waals surface area contributed by atoms with Gasteiger partial charge in [-0.25, -0.2) is 23.9 Å². The first kappa shape index (κ1) is 39.8. The molecule has 0 fully saturated rings. The van der Waals surface area contributed by atoms with Crippen LogP contribution in [0, 0.1) is 5.82 Å². The number of anilines is 1. The Kier molecular flexibility index (Phi) is 14.0. The standard InChI is InChI=1S/C44H41FN4O5S2/c1-4-55-28-31-8-12-32(13-9-31)38-19-14-33(26-39(38)45)37-18-15-34(25-35(37)27-47-49-44-48-40-7-5-21-46-41(40)56-44)43(51)54-24-20-30-10-16-36(17-11-30)52-22-6-23-53-42(50)29(2)3/h5,7-19,21,25-27H,2,4,6,20,22-24,28H2,1,3H3,(H,48,49)/b47-27+. The first-order valence-electron chi connectivity index (χ1n) is 18.1. The molecule has 0 saturated carbocycles. The molecule has 12 heteroatoms. The molecule has 6 aromatic rings. The Hall–Kier alpha value is -5.85. The highest BCUT2D eigenvalue weighted by Crippen LogP contribution is 2.31. The second-order valence-corrected chi connectivity index (χ2v) is 14.9. The summed E-state index contributed by atoms with van der Waals surface area (Å²) in [5.41, 5.74) is 9.79. The van der Waals surface area contributed by atoms with Crippen LogP contribution in [0.2, 0.25) is 0 Å². The number of benzene rings is 4. The molecule has 0 unspecified atom stereocenters. The van der Waals surface area contributed by atoms with Gasteiger partial charge in [0, 0.05) is 41.5 Å². The second kappa shape index (κ2) is 19.7. The van der Waals surface area contributed by atoms with Crippen molar-refractivity contribution in [1.82, 2.24) is 9.97 Å². The first-order chi connectivity index (χ1) is 27.3. The molecule has 286 valence electrons. The zero-order valence-electron chi connectivity index (χ0n) is 31.1. The Morgan fingerprint density at radius 3 is 2.43 bits per heavy atom. The Labute approximate surface area is 333 Å². The van der Waals surface area contributed by atoms with Crippen molar-refractivity contribution in [3.05, 3.63) is 143 Å². The van der Waals surface area contributed by atoms with Gasteiger partial charge in [0.15, 0.2) is 0 Å². The number of hydrogen-bond donors (Lipinski definition) is 1. The molecule has 0 spiro atoms. The molecule has 0 bridgehead atoms. The van der Waals surface area contributed by atoms with E-state index in [4.69, 9.17) is 14.2 Å². The smallest absolute Gasteiger partial charge is 0.338 e. The summed E-state index contributed by atoms with van der Waals surface area (Å²) in [6.07, 6.45) is 4.35. The van der Waals surface area contributed by atoms with Crippen molar-refractivity contribution < 1.29 is 28.2 Å². The van der Waals surface area contributed by atoms with Crippen LogP contribution in [0.3, 0.4) is 0 Å². The number of rotatable bonds is 18. The number of nitrogens with one attached hydrogen (secondary N) is 1. The summed E-state index contributed by atoms with van der Waals surface area (Å²) in [6.45, 7) is 8.11. The van der Waals surface area contributed by atoms with E-state index in [1.165, 1.54) is 23.0 Å². The van der Waals surface area contributed by atoms with Gasteiger partial charge in [-0.05, 0) is 83.0 Å². The highest BCUT2D eigenvalue weighted by atomic mass is 32.2. The van der Waals surface area contributed by atoms with Gasteiger partial charge >= 0.3 is 11.9 Å². The number of thioether (sulfide) groups is 1. The lowest BCUT2D eigenvalue weighted by molar-refractivity contribution is -0.139. The minimum Gasteiger partial charge on any atom is -0.493 e. The number of fused-ring (bicyclic) bond motifs is 1. The molecule has 56 heavy (non-hydrogen) atoms. The van der Waals surface area contributed by atoms with E-state index in [0.29, 0.717) is 63.7 Å². The van der Waals surface area contributed by atoms with Crippen LogP contribution in [0.5, 0.6) is 5.75 Å². The van der Waals surface area contributed by atoms with Crippen LogP contribution in [0.1, 0.15) is 47.3 Å². The Bertz CT molecular complexity index is 2290. The molecular weight excluding hydrogens is 748 g/mol. The average molecular weight is 789 g/mol. The number of hydrazone groups is 1. The van der Waals surface area contributed by atoms with E-state index in [9.17, 15) is 9.59 Å². The minimum atomic E-state index is -0.494. The molecule has 0 aliphatic rings. The third kappa shape index (κ3) is 10.9. The molecular formula is C44H41FN4O5S2. The van der Waals surface area contributed by atoms with Crippen molar-refractivity contribution in [3.63, 3.8) is 0 Å². The molecule has 2 aromatic heterocycles. The molecule has 0 aliphatic heterocycles. The average Bonchev–Trinajstić information content (AvgIpc) is 3.63. The molecule has 0 atom stereocenters. The predicted octanol–water partition coefficient (Wildman–Crippen LogP) is 10.2. The Morgan fingerprint density at radius 2 is 1.68 bits per heavy atom. The van der Waals surface area contributed by atoms with Crippen molar-refractivity contribution in [1.29, 1.82) is 0 Å². The van der Waals surface area contributed by atoms with Crippen LogP contribution in [0.4, 0.5) is 9.52 Å². The third-order valence-electron chi connectivity index (χ3n) is 8.52. The lowest BCUT2D eigenvalue weighted by Gasteiger charge is -2.12. The summed E-state index contributed by atoms with van der Waals surface area (Å²) < 4.78 is 32.2. The van der Waals surface area contributed by atoms with Gasteiger partial charge in [0.1, 0.15) is 21.9 Å². The highest BCUT2D eigenvalue weighted by Gasteiger charge is 2.15. The molecule has 0 aliphatic carbocycles. The maximum absolute atomic E-state index is 15.7. The lowest BCUT2D eigenvalue weighted by Crippen LogP contribution is -2.09. The normalized spacial score (nSPS) is 11.1. The van der Waals surface area contributed by atoms with Crippen molar-refractivity contribution in [3.8, 4) is 28.0 Å². The monoisotopic (exact) mass is 788 g/mol. The fourth-order valence-corrected chi connectivity index (χ4v) is 6.98. The zero-order chi connectivity index (χ0) is 39.3. The fraction of sp³-hybridized carbons (Fsp3) is 0.205. The Balaban J connectivity index is 1.12. The number of aromatic nitrogens is 2. The van der Waals surface area contributed by atoms with Crippen molar-refractivity contribution in [2.75, 3.05) is 31.0 Å². The van der Waals surface area contributed by atoms with Crippen molar-refractivity contribution in [2.24, 2.45) is 5.10 Å². The summed E-state index contributed by atoms with van der Waals surface area (Å²) in [5, 5.41) is 4.98. The van der Waals surface area contributed by atoms with Gasteiger partial charge in [-0.3, -0.25) is 5.43 Å². The number of pyridine rings is 1. The lowest BCUT2D eigenvalue weighted by atomic mass is 9.95. The number of hydrogen-bond acceptors (Lipinski definition) is 11. The van der Waals surface area contributed by atoms with Gasteiger partial charge in [0.05, 0.1) is 31.6 Å². The molecule has 6 rings (SSSR count). The molecule has 0 saturated heterocycles. The number of carbonyl (C=O) groups excluding carboxylic acids is 2. The zero-order valence-corrected chi connectivity index (χ0v) is 32.8. The van der Waals surface area contributed by atoms with E-state index < -0.39 is 11.9 Å². The molecule has 9 nitrogen and oxygen atoms in total. The van der Waals surface area contributed by atoms with E-state index in [0.717, 1.165) is 33.0 Å². The van der Waals surface area contributed by atoms with Crippen molar-refractivity contribution in [2.45, 2.75) is 32.4 Å². The van der Waals surface area contributed by atoms with Crippen LogP contribution >= 0.6 is 23.1 Å². The number of thiazole rings is 1. The van der Waals surface area contributed by atoms with Gasteiger partial charge in [-0.1, -0.05) is 79.4 Å². The number of halogens is 1. The third-order valence-corrected chi connectivity index (χ3v) is 10.4. The van der Waals surface area contributed by atoms with Gasteiger partial charge in [0.2, 0.25) is 5.13 Å². The van der Waals surface area contributed by atoms with E-state index in [1.54, 1.807) is 43.6 Å². The van der Waals surface area contributed by atoms with E-state index in [-0.39, 0.29) is 19.0 Å². The van der Waals surface area contributed by atoms with Crippen LogP contribution in [0.25, 0.3) is 32.6 Å². The number of nitrogens with zero attached hydrogens (tertiary/aromatic N) is 3. The van der Waals surface area contributed by atoms with E-state index >= 15 is 4.39 Å². The maximum atomic E-state index is 15.7. The van der Waals surface area contributed by atoms with Gasteiger partial charge in [0.25, 0.3) is 0 Å². The summed E-state index contributed by atoms with van der Waals surface area (Å²) in [6, 6.07) is 29.5. The van der Waals surface area contributed by atoms with Gasteiger partial charge < -0.3 is 14.2 Å². The summed E-state index contributed by atoms with van der Waals surface area (Å²) in [4.78, 5) is 34.4. The Morgan fingerprint density at radius 1 is 0.911 bits per heavy atom. The van der Waals surface area contributed by atoms with Crippen LogP contribution < -0.4 is 10.2 Å². The van der Waals surface area contributed by atoms with Crippen LogP contribution in [-0.2, 0) is 26.4 Å². The number of carbonyl (C=O) groups is 2. The highest BCUT2D eigenvalue weighted by molar-refractivity contribution is 7.98. The van der Waals surface area contributed by atoms with E-state index in [1.807, 2.05) is 78.5 Å². The topological polar surface area (TPSA) is 112 Å². The molecule has 0 amide bonds. The number of ether oxygens (including phenoxy) is 3. The van der Waals surface area contributed by atoms with Gasteiger partial charge in [-0.15, -0.1) is 0 Å². The van der Waals surface area contributed by atoms with Crippen LogP contribution in [0.15, 0.2) is 121 Å². The van der Waals surface area contributed by atoms with Crippen LogP contribution in [-0.4, -0.2) is 53.7 Å². The predicted molar refractivity (Wildman–Crippen MR) is 224 cm³/mol. The minimum absolute atomic E-state index is 0.163. The maximum Gasteiger partial charge on any atom is 0.338 e. The molecule has 0 radical (unpaired) electrons. The second-order valence-electron chi connectivity index (χ2n) is 12.7. The molecule has 1 N–H and O–H groups in total. The summed E-state index contributed by atoms with van der Waals surface area (Å²) in [7, 11) is 0.